The van der Waals surface area contributed by atoms with Crippen LogP contribution in [0.1, 0.15) is 24.3 Å². The number of amides is 1. The van der Waals surface area contributed by atoms with E-state index in [1.165, 1.54) is 25.1 Å². The Morgan fingerprint density at radius 1 is 1.06 bits per heavy atom. The molecule has 168 valence electrons. The average Bonchev–Trinajstić information content (AvgIpc) is 3.29. The first-order chi connectivity index (χ1) is 16.4. The van der Waals surface area contributed by atoms with Crippen molar-refractivity contribution in [3.05, 3.63) is 105 Å². The van der Waals surface area contributed by atoms with E-state index in [0.29, 0.717) is 11.3 Å². The molecular formula is C25H17ClN4O4. The van der Waals surface area contributed by atoms with Crippen molar-refractivity contribution in [3.8, 4) is 11.3 Å². The third-order valence-corrected chi connectivity index (χ3v) is 5.78. The molecule has 0 spiro atoms. The number of para-hydroxylation sites is 1. The van der Waals surface area contributed by atoms with E-state index in [1.54, 1.807) is 0 Å². The van der Waals surface area contributed by atoms with Gasteiger partial charge in [0.25, 0.3) is 5.69 Å². The first-order valence-corrected chi connectivity index (χ1v) is 10.7. The Hall–Kier alpha value is -4.30. The van der Waals surface area contributed by atoms with E-state index in [2.05, 4.69) is 5.10 Å². The minimum atomic E-state index is -1.05. The number of carbonyl (C=O) groups excluding carboxylic acids is 1. The van der Waals surface area contributed by atoms with Gasteiger partial charge in [-0.1, -0.05) is 60.1 Å². The molecule has 0 radical (unpaired) electrons. The number of pyridine rings is 1. The van der Waals surface area contributed by atoms with Crippen LogP contribution in [0.2, 0.25) is 5.02 Å². The molecule has 0 bridgehead atoms. The number of nitro benzene ring substituents is 1. The van der Waals surface area contributed by atoms with Gasteiger partial charge in [0.15, 0.2) is 0 Å². The maximum absolute atomic E-state index is 12.4. The lowest BCUT2D eigenvalue weighted by Crippen LogP contribution is -2.25. The Labute approximate surface area is 199 Å². The lowest BCUT2D eigenvalue weighted by molar-refractivity contribution is -0.385. The van der Waals surface area contributed by atoms with Crippen LogP contribution < -0.4 is 0 Å². The number of non-ortho nitro benzene ring substituents is 1. The smallest absolute Gasteiger partial charge is 0.270 e. The van der Waals surface area contributed by atoms with Crippen LogP contribution in [0.4, 0.5) is 5.69 Å². The summed E-state index contributed by atoms with van der Waals surface area (Å²) in [5, 5.41) is 17.9. The number of hydrazone groups is 1. The Bertz CT molecular complexity index is 1470. The van der Waals surface area contributed by atoms with E-state index in [9.17, 15) is 14.9 Å². The first kappa shape index (κ1) is 21.5. The van der Waals surface area contributed by atoms with Crippen molar-refractivity contribution in [2.24, 2.45) is 5.10 Å². The van der Waals surface area contributed by atoms with Crippen molar-refractivity contribution >= 4 is 40.0 Å². The molecule has 1 amide bonds. The lowest BCUT2D eigenvalue weighted by Gasteiger charge is -2.20. The van der Waals surface area contributed by atoms with Gasteiger partial charge in [0.1, 0.15) is 0 Å². The summed E-state index contributed by atoms with van der Waals surface area (Å²) in [4.78, 5) is 28.0. The van der Waals surface area contributed by atoms with Crippen LogP contribution in [-0.2, 0) is 9.53 Å². The largest absolute Gasteiger partial charge is 0.446 e. The molecule has 4 aromatic rings. The molecule has 1 aliphatic heterocycles. The number of halogens is 1. The van der Waals surface area contributed by atoms with Crippen molar-refractivity contribution < 1.29 is 14.5 Å². The van der Waals surface area contributed by atoms with Crippen molar-refractivity contribution in [2.45, 2.75) is 13.2 Å². The van der Waals surface area contributed by atoms with Gasteiger partial charge >= 0.3 is 0 Å². The molecule has 0 saturated heterocycles. The number of benzene rings is 3. The fraction of sp³-hybridized carbons (Fsp3) is 0.0800. The van der Waals surface area contributed by atoms with E-state index in [1.807, 2.05) is 60.7 Å². The Balaban J connectivity index is 1.64. The van der Waals surface area contributed by atoms with Crippen molar-refractivity contribution in [1.29, 1.82) is 0 Å². The minimum absolute atomic E-state index is 0.166. The summed E-state index contributed by atoms with van der Waals surface area (Å²) in [7, 11) is 0. The number of hydrogen-bond donors (Lipinski definition) is 0. The monoisotopic (exact) mass is 472 g/mol. The van der Waals surface area contributed by atoms with E-state index < -0.39 is 17.1 Å². The topological polar surface area (TPSA) is 97.9 Å². The molecule has 1 aliphatic rings. The number of carbonyl (C=O) groups is 1. The molecule has 0 fully saturated rings. The average molecular weight is 473 g/mol. The fourth-order valence-electron chi connectivity index (χ4n) is 3.82. The first-order valence-electron chi connectivity index (χ1n) is 10.4. The molecule has 0 aliphatic carbocycles. The van der Waals surface area contributed by atoms with Gasteiger partial charge in [-0.15, -0.1) is 5.10 Å². The third-order valence-electron chi connectivity index (χ3n) is 5.44. The zero-order valence-corrected chi connectivity index (χ0v) is 18.6. The second-order valence-electron chi connectivity index (χ2n) is 7.64. The predicted octanol–water partition coefficient (Wildman–Crippen LogP) is 5.70. The molecule has 2 heterocycles. The minimum Gasteiger partial charge on any atom is -0.446 e. The molecule has 8 nitrogen and oxygen atoms in total. The molecule has 9 heteroatoms. The summed E-state index contributed by atoms with van der Waals surface area (Å²) in [6.45, 7) is 1.34. The predicted molar refractivity (Wildman–Crippen MR) is 128 cm³/mol. The van der Waals surface area contributed by atoms with Crippen LogP contribution in [-0.4, -0.2) is 26.7 Å². The zero-order chi connectivity index (χ0) is 23.8. The molecule has 1 atom stereocenters. The fourth-order valence-corrected chi connectivity index (χ4v) is 4.03. The van der Waals surface area contributed by atoms with Crippen LogP contribution in [0, 0.1) is 10.1 Å². The molecule has 0 unspecified atom stereocenters. The summed E-state index contributed by atoms with van der Waals surface area (Å²) < 4.78 is 6.14. The van der Waals surface area contributed by atoms with Crippen molar-refractivity contribution in [1.82, 2.24) is 9.99 Å². The van der Waals surface area contributed by atoms with Gasteiger partial charge in [-0.3, -0.25) is 14.9 Å². The van der Waals surface area contributed by atoms with Gasteiger partial charge in [0, 0.05) is 46.2 Å². The van der Waals surface area contributed by atoms with E-state index in [0.717, 1.165) is 21.5 Å². The summed E-state index contributed by atoms with van der Waals surface area (Å²) in [5.41, 5.74) is 3.10. The second-order valence-corrected chi connectivity index (χ2v) is 8.05. The Morgan fingerprint density at radius 3 is 2.53 bits per heavy atom. The summed E-state index contributed by atoms with van der Waals surface area (Å²) in [6, 6.07) is 23.1. The van der Waals surface area contributed by atoms with Gasteiger partial charge in [0.2, 0.25) is 18.0 Å². The highest BCUT2D eigenvalue weighted by Crippen LogP contribution is 2.37. The standard InChI is InChI=1S/C25H17ClN4O4/c1-15(31)29-25(20-13-17(30(32)33)11-12-21(20)26)34-24(28-29)19-14-23(16-7-3-2-4-8-16)27-22-10-6-5-9-18(19)22/h2-14,25H,1H3/t25-/m1/s1. The Morgan fingerprint density at radius 2 is 1.79 bits per heavy atom. The van der Waals surface area contributed by atoms with Gasteiger partial charge in [0.05, 0.1) is 16.1 Å². The van der Waals surface area contributed by atoms with Gasteiger partial charge in [-0.25, -0.2) is 4.98 Å². The van der Waals surface area contributed by atoms with Gasteiger partial charge < -0.3 is 4.74 Å². The zero-order valence-electron chi connectivity index (χ0n) is 17.9. The normalized spacial score (nSPS) is 15.2. The number of hydrogen-bond acceptors (Lipinski definition) is 6. The number of nitrogens with zero attached hydrogens (tertiary/aromatic N) is 4. The van der Waals surface area contributed by atoms with Crippen LogP contribution >= 0.6 is 11.6 Å². The SMILES string of the molecule is CC(=O)N1N=C(c2cc(-c3ccccc3)nc3ccccc23)O[C@@H]1c1cc([N+](=O)[O-])ccc1Cl. The van der Waals surface area contributed by atoms with E-state index >= 15 is 0 Å². The third kappa shape index (κ3) is 3.84. The van der Waals surface area contributed by atoms with Crippen molar-refractivity contribution in [2.75, 3.05) is 0 Å². The molecule has 0 N–H and O–H groups in total. The number of aromatic nitrogens is 1. The summed E-state index contributed by atoms with van der Waals surface area (Å²) in [5.74, 6) is -0.206. The van der Waals surface area contributed by atoms with Gasteiger partial charge in [-0.05, 0) is 18.2 Å². The molecule has 3 aromatic carbocycles. The van der Waals surface area contributed by atoms with Gasteiger partial charge in [-0.2, -0.15) is 5.01 Å². The van der Waals surface area contributed by atoms with Crippen LogP contribution in [0.5, 0.6) is 0 Å². The second kappa shape index (κ2) is 8.57. The highest BCUT2D eigenvalue weighted by molar-refractivity contribution is 6.31. The number of nitro groups is 1. The number of rotatable bonds is 4. The van der Waals surface area contributed by atoms with Crippen molar-refractivity contribution in [3.63, 3.8) is 0 Å². The number of fused-ring (bicyclic) bond motifs is 1. The molecular weight excluding hydrogens is 456 g/mol. The molecule has 0 saturated carbocycles. The van der Waals surface area contributed by atoms with E-state index in [4.69, 9.17) is 21.3 Å². The maximum Gasteiger partial charge on any atom is 0.270 e. The highest BCUT2D eigenvalue weighted by Gasteiger charge is 2.36. The highest BCUT2D eigenvalue weighted by atomic mass is 35.5. The van der Waals surface area contributed by atoms with E-state index in [-0.39, 0.29) is 22.2 Å². The molecule has 34 heavy (non-hydrogen) atoms. The Kier molecular flexibility index (Phi) is 5.43. The number of ether oxygens (including phenoxy) is 1. The van der Waals surface area contributed by atoms with Crippen LogP contribution in [0.25, 0.3) is 22.2 Å². The lowest BCUT2D eigenvalue weighted by atomic mass is 10.0. The molecule has 1 aromatic heterocycles. The van der Waals surface area contributed by atoms with Crippen LogP contribution in [0.3, 0.4) is 0 Å². The summed E-state index contributed by atoms with van der Waals surface area (Å²) in [6.07, 6.45) is -1.05. The maximum atomic E-state index is 12.4. The quantitative estimate of drug-likeness (QED) is 0.280. The summed E-state index contributed by atoms with van der Waals surface area (Å²) >= 11 is 6.34. The van der Waals surface area contributed by atoms with Crippen LogP contribution in [0.15, 0.2) is 84.0 Å². The molecule has 5 rings (SSSR count).